The summed E-state index contributed by atoms with van der Waals surface area (Å²) in [4.78, 5) is 36.6. The molecule has 0 bridgehead atoms. The fourth-order valence-corrected chi connectivity index (χ4v) is 6.27. The van der Waals surface area contributed by atoms with E-state index in [1.807, 2.05) is 19.9 Å². The molecule has 6 atom stereocenters. The summed E-state index contributed by atoms with van der Waals surface area (Å²) in [7, 11) is 0. The average Bonchev–Trinajstić information content (AvgIpc) is 3.39. The first-order valence-corrected chi connectivity index (χ1v) is 14.0. The van der Waals surface area contributed by atoms with E-state index in [9.17, 15) is 19.8 Å². The second kappa shape index (κ2) is 10.0. The highest BCUT2D eigenvalue weighted by Gasteiger charge is 2.73. The van der Waals surface area contributed by atoms with Gasteiger partial charge in [0.2, 0.25) is 11.7 Å². The molecule has 5 rings (SSSR count). The molecule has 0 aliphatic carbocycles. The Hall–Kier alpha value is -3.62. The highest BCUT2D eigenvalue weighted by Crippen LogP contribution is 2.45. The molecule has 3 unspecified atom stereocenters. The molecule has 224 valence electrons. The van der Waals surface area contributed by atoms with Crippen molar-refractivity contribution in [2.45, 2.75) is 81.6 Å². The molecule has 0 aromatic heterocycles. The Bertz CT molecular complexity index is 1300. The molecule has 4 aliphatic rings. The van der Waals surface area contributed by atoms with E-state index in [0.29, 0.717) is 17.9 Å². The summed E-state index contributed by atoms with van der Waals surface area (Å²) in [6, 6.07) is 1.67. The Balaban J connectivity index is 1.40. The van der Waals surface area contributed by atoms with E-state index in [2.05, 4.69) is 39.8 Å². The number of nitrogens with zero attached hydrogens (tertiary/aromatic N) is 3. The molecular formula is C27H41N9O5. The summed E-state index contributed by atoms with van der Waals surface area (Å²) in [5.74, 6) is -3.13. The van der Waals surface area contributed by atoms with E-state index >= 15 is 0 Å². The molecule has 1 fully saturated rings. The molecule has 4 aliphatic heterocycles. The summed E-state index contributed by atoms with van der Waals surface area (Å²) >= 11 is 0. The lowest BCUT2D eigenvalue weighted by molar-refractivity contribution is -0.230. The second-order valence-corrected chi connectivity index (χ2v) is 12.1. The molecule has 1 aromatic carbocycles. The molecule has 14 nitrogen and oxygen atoms in total. The van der Waals surface area contributed by atoms with Crippen LogP contribution in [-0.2, 0) is 10.2 Å². The van der Waals surface area contributed by atoms with Crippen molar-refractivity contribution < 1.29 is 24.5 Å². The number of guanidine groups is 2. The molecule has 11 N–H and O–H groups in total. The average molecular weight is 572 g/mol. The van der Waals surface area contributed by atoms with Crippen LogP contribution in [0.5, 0.6) is 5.75 Å². The minimum atomic E-state index is -2.61. The second-order valence-electron chi connectivity index (χ2n) is 12.1. The lowest BCUT2D eigenvalue weighted by atomic mass is 9.79. The van der Waals surface area contributed by atoms with Crippen LogP contribution in [0.15, 0.2) is 28.2 Å². The third kappa shape index (κ3) is 4.44. The number of benzene rings is 1. The van der Waals surface area contributed by atoms with E-state index in [0.717, 1.165) is 18.4 Å². The molecule has 1 aromatic rings. The van der Waals surface area contributed by atoms with Gasteiger partial charge in [-0.15, -0.1) is 0 Å². The summed E-state index contributed by atoms with van der Waals surface area (Å²) in [6.45, 7) is 8.36. The van der Waals surface area contributed by atoms with Gasteiger partial charge in [0.25, 0.3) is 5.91 Å². The zero-order valence-electron chi connectivity index (χ0n) is 23.8. The fraction of sp³-hybridized carbons (Fsp3) is 0.630. The topological polar surface area (TPSA) is 226 Å². The summed E-state index contributed by atoms with van der Waals surface area (Å²) in [5, 5.41) is 31.9. The monoisotopic (exact) mass is 571 g/mol. The van der Waals surface area contributed by atoms with Gasteiger partial charge in [-0.1, -0.05) is 46.2 Å². The number of para-hydroxylation sites is 1. The predicted octanol–water partition coefficient (Wildman–Crippen LogP) is -1.99. The largest absolute Gasteiger partial charge is 0.492 e. The number of aliphatic imine (C=N–C) groups is 2. The first kappa shape index (κ1) is 28.9. The number of carbonyl (C=O) groups is 2. The van der Waals surface area contributed by atoms with Crippen LogP contribution in [0.2, 0.25) is 0 Å². The van der Waals surface area contributed by atoms with Crippen molar-refractivity contribution in [2.24, 2.45) is 33.1 Å². The summed E-state index contributed by atoms with van der Waals surface area (Å²) in [5.41, 5.74) is 17.7. The van der Waals surface area contributed by atoms with Gasteiger partial charge >= 0.3 is 0 Å². The molecule has 41 heavy (non-hydrogen) atoms. The molecule has 0 saturated carbocycles. The maximum atomic E-state index is 13.6. The standard InChI is InChI=1S/C27H41N9O5/c1-5-13(2)18(28)22(38)31-11-16-20-26(35-23(29)34-20)27(39,40)17(12-36(26)24(30)32-16)33-21(37)14-7-6-8-15-19(14)41-10-9-25(15,3)4/h6-8,13,16-18,20,39-40H,5,9-12,28H2,1-4H3,(H2,30,32)(H,31,38)(H,33,37)(H3,29,34,35)/t13-,16-,17?,18-,20?,26?/m0/s1. The van der Waals surface area contributed by atoms with Gasteiger partial charge in [-0.05, 0) is 23.8 Å². The Labute approximate surface area is 238 Å². The van der Waals surface area contributed by atoms with E-state index in [-0.39, 0.29) is 42.2 Å². The lowest BCUT2D eigenvalue weighted by Gasteiger charge is -2.49. The number of nitrogens with two attached hydrogens (primary N) is 3. The van der Waals surface area contributed by atoms with Crippen LogP contribution in [0.4, 0.5) is 0 Å². The van der Waals surface area contributed by atoms with Crippen molar-refractivity contribution in [3.8, 4) is 5.75 Å². The number of aliphatic hydroxyl groups is 2. The molecule has 0 radical (unpaired) electrons. The van der Waals surface area contributed by atoms with Crippen LogP contribution in [0.3, 0.4) is 0 Å². The number of ether oxygens (including phenoxy) is 1. The maximum Gasteiger partial charge on any atom is 0.255 e. The van der Waals surface area contributed by atoms with E-state index < -0.39 is 41.5 Å². The molecule has 2 amide bonds. The normalized spacial score (nSPS) is 30.3. The Morgan fingerprint density at radius 1 is 1.27 bits per heavy atom. The van der Waals surface area contributed by atoms with Crippen LogP contribution < -0.4 is 37.9 Å². The molecule has 14 heteroatoms. The first-order valence-electron chi connectivity index (χ1n) is 14.0. The van der Waals surface area contributed by atoms with Gasteiger partial charge in [0.15, 0.2) is 17.6 Å². The van der Waals surface area contributed by atoms with Gasteiger partial charge in [-0.3, -0.25) is 9.59 Å². The zero-order chi connectivity index (χ0) is 29.9. The van der Waals surface area contributed by atoms with Crippen molar-refractivity contribution in [1.29, 1.82) is 0 Å². The van der Waals surface area contributed by atoms with Crippen LogP contribution in [0, 0.1) is 5.92 Å². The van der Waals surface area contributed by atoms with Crippen LogP contribution in [0.25, 0.3) is 0 Å². The Morgan fingerprint density at radius 2 is 2.00 bits per heavy atom. The highest BCUT2D eigenvalue weighted by atomic mass is 16.5. The van der Waals surface area contributed by atoms with Crippen molar-refractivity contribution in [3.63, 3.8) is 0 Å². The SMILES string of the molecule is CC[C@H](C)[C@H](N)C(=O)NC[C@@H]1N=C(N)N2CC(NC(=O)c3cccc4c3OCCC4(C)C)C(O)(O)C23NC(N)=NC13. The molecule has 1 saturated heterocycles. The minimum absolute atomic E-state index is 0.0151. The smallest absolute Gasteiger partial charge is 0.255 e. The van der Waals surface area contributed by atoms with E-state index in [1.54, 1.807) is 12.1 Å². The summed E-state index contributed by atoms with van der Waals surface area (Å²) in [6.07, 6.45) is 1.54. The van der Waals surface area contributed by atoms with Gasteiger partial charge < -0.3 is 53.0 Å². The van der Waals surface area contributed by atoms with Gasteiger partial charge in [0.1, 0.15) is 17.8 Å². The summed E-state index contributed by atoms with van der Waals surface area (Å²) < 4.78 is 5.89. The zero-order valence-corrected chi connectivity index (χ0v) is 23.8. The lowest BCUT2D eigenvalue weighted by Crippen LogP contribution is -2.78. The minimum Gasteiger partial charge on any atom is -0.492 e. The van der Waals surface area contributed by atoms with E-state index in [1.165, 1.54) is 4.90 Å². The number of fused-ring (bicyclic) bond motifs is 1. The number of amides is 2. The van der Waals surface area contributed by atoms with Crippen molar-refractivity contribution >= 4 is 23.7 Å². The number of carbonyl (C=O) groups excluding carboxylic acids is 2. The fourth-order valence-electron chi connectivity index (χ4n) is 6.27. The van der Waals surface area contributed by atoms with Crippen LogP contribution >= 0.6 is 0 Å². The van der Waals surface area contributed by atoms with Gasteiger partial charge in [-0.25, -0.2) is 9.98 Å². The van der Waals surface area contributed by atoms with Gasteiger partial charge in [-0.2, -0.15) is 0 Å². The molecule has 4 heterocycles. The van der Waals surface area contributed by atoms with Crippen molar-refractivity contribution in [2.75, 3.05) is 19.7 Å². The third-order valence-corrected chi connectivity index (χ3v) is 9.11. The molecular weight excluding hydrogens is 530 g/mol. The van der Waals surface area contributed by atoms with Crippen molar-refractivity contribution in [3.05, 3.63) is 29.3 Å². The number of nitrogens with one attached hydrogen (secondary N) is 3. The highest BCUT2D eigenvalue weighted by molar-refractivity contribution is 5.98. The van der Waals surface area contributed by atoms with E-state index in [4.69, 9.17) is 21.9 Å². The number of hydrogen-bond acceptors (Lipinski definition) is 12. The Kier molecular flexibility index (Phi) is 7.07. The van der Waals surface area contributed by atoms with Crippen LogP contribution in [0.1, 0.15) is 56.5 Å². The van der Waals surface area contributed by atoms with Crippen molar-refractivity contribution in [1.82, 2.24) is 20.9 Å². The van der Waals surface area contributed by atoms with Crippen LogP contribution in [-0.4, -0.2) is 94.2 Å². The van der Waals surface area contributed by atoms with Gasteiger partial charge in [0, 0.05) is 18.7 Å². The molecule has 1 spiro atoms. The number of rotatable bonds is 7. The maximum absolute atomic E-state index is 13.6. The predicted molar refractivity (Wildman–Crippen MR) is 152 cm³/mol. The van der Waals surface area contributed by atoms with Gasteiger partial charge in [0.05, 0.1) is 24.3 Å². The first-order chi connectivity index (χ1) is 19.2. The quantitative estimate of drug-likeness (QED) is 0.168. The number of hydrogen-bond donors (Lipinski definition) is 8. The Morgan fingerprint density at radius 3 is 2.71 bits per heavy atom. The third-order valence-electron chi connectivity index (χ3n) is 9.11.